The number of carbonyl (C=O) groups is 1. The number of morpholine rings is 1. The average Bonchev–Trinajstić information content (AvgIpc) is 3.41. The van der Waals surface area contributed by atoms with Gasteiger partial charge >= 0.3 is 17.7 Å². The van der Waals surface area contributed by atoms with Gasteiger partial charge < -0.3 is 14.2 Å². The van der Waals surface area contributed by atoms with E-state index in [2.05, 4.69) is 15.1 Å². The molecule has 2 aliphatic heterocycles. The molecule has 3 aliphatic rings. The number of fused-ring (bicyclic) bond motifs is 3. The van der Waals surface area contributed by atoms with Gasteiger partial charge in [-0.05, 0) is 44.4 Å². The Bertz CT molecular complexity index is 1340. The van der Waals surface area contributed by atoms with E-state index in [1.165, 1.54) is 17.1 Å². The molecule has 2 bridgehead atoms. The minimum atomic E-state index is -0.750. The topological polar surface area (TPSA) is 126 Å². The van der Waals surface area contributed by atoms with Crippen molar-refractivity contribution in [1.29, 1.82) is 0 Å². The molecule has 1 aliphatic carbocycles. The highest BCUT2D eigenvalue weighted by Gasteiger charge is 2.48. The fourth-order valence-electron chi connectivity index (χ4n) is 4.84. The second kappa shape index (κ2) is 10.1. The zero-order valence-electron chi connectivity index (χ0n) is 20.3. The summed E-state index contributed by atoms with van der Waals surface area (Å²) in [6, 6.07) is 4.74. The van der Waals surface area contributed by atoms with Gasteiger partial charge in [0, 0.05) is 12.8 Å². The average molecular weight is 532 g/mol. The van der Waals surface area contributed by atoms with E-state index < -0.39 is 11.6 Å². The molecule has 2 saturated heterocycles. The maximum atomic E-state index is 14.6. The molecule has 3 fully saturated rings. The SMILES string of the molecule is Cc1ccc(-n2ncc3c(OC4CC5COCC(C4)N5C(=O)OC4(C)CC4)ncnc32)c(F)c1.O=S=O. The van der Waals surface area contributed by atoms with Crippen LogP contribution in [0.25, 0.3) is 16.7 Å². The van der Waals surface area contributed by atoms with Crippen LogP contribution in [0, 0.1) is 12.7 Å². The van der Waals surface area contributed by atoms with E-state index in [9.17, 15) is 9.18 Å². The number of ether oxygens (including phenoxy) is 3. The van der Waals surface area contributed by atoms with Crippen LogP contribution >= 0.6 is 0 Å². The van der Waals surface area contributed by atoms with E-state index in [1.54, 1.807) is 12.3 Å². The number of rotatable bonds is 4. The van der Waals surface area contributed by atoms with Crippen LogP contribution in [-0.4, -0.2) is 76.2 Å². The van der Waals surface area contributed by atoms with Crippen molar-refractivity contribution in [2.24, 2.45) is 0 Å². The van der Waals surface area contributed by atoms with Gasteiger partial charge in [0.25, 0.3) is 0 Å². The van der Waals surface area contributed by atoms with Crippen LogP contribution in [-0.2, 0) is 21.0 Å². The van der Waals surface area contributed by atoms with Gasteiger partial charge in [0.2, 0.25) is 5.88 Å². The fourth-order valence-corrected chi connectivity index (χ4v) is 4.84. The van der Waals surface area contributed by atoms with E-state index in [-0.39, 0.29) is 35.7 Å². The summed E-state index contributed by atoms with van der Waals surface area (Å²) >= 11 is -0.750. The number of aryl methyl sites for hydroxylation is 1. The first-order valence-electron chi connectivity index (χ1n) is 11.9. The van der Waals surface area contributed by atoms with Gasteiger partial charge in [-0.15, -0.1) is 0 Å². The first kappa shape index (κ1) is 25.2. The molecule has 37 heavy (non-hydrogen) atoms. The predicted octanol–water partition coefficient (Wildman–Crippen LogP) is 2.89. The molecule has 2 atom stereocenters. The molecule has 11 nitrogen and oxygen atoms in total. The van der Waals surface area contributed by atoms with E-state index in [0.717, 1.165) is 18.4 Å². The van der Waals surface area contributed by atoms with Crippen LogP contribution in [0.4, 0.5) is 9.18 Å². The first-order valence-corrected chi connectivity index (χ1v) is 12.6. The Morgan fingerprint density at radius 3 is 2.54 bits per heavy atom. The van der Waals surface area contributed by atoms with Crippen molar-refractivity contribution in [3.63, 3.8) is 0 Å². The van der Waals surface area contributed by atoms with Gasteiger partial charge in [-0.2, -0.15) is 13.5 Å². The molecule has 3 aromatic rings. The lowest BCUT2D eigenvalue weighted by Crippen LogP contribution is -2.61. The molecule has 6 rings (SSSR count). The molecule has 0 radical (unpaired) electrons. The summed E-state index contributed by atoms with van der Waals surface area (Å²) in [5.41, 5.74) is 1.29. The van der Waals surface area contributed by atoms with Crippen LogP contribution in [0.2, 0.25) is 0 Å². The quantitative estimate of drug-likeness (QED) is 0.499. The van der Waals surface area contributed by atoms with Gasteiger partial charge in [0.1, 0.15) is 34.9 Å². The molecule has 0 N–H and O–H groups in total. The minimum Gasteiger partial charge on any atom is -0.474 e. The van der Waals surface area contributed by atoms with Crippen LogP contribution in [0.1, 0.15) is 38.2 Å². The second-order valence-corrected chi connectivity index (χ2v) is 9.91. The number of aromatic nitrogens is 4. The molecule has 1 amide bonds. The number of amides is 1. The van der Waals surface area contributed by atoms with Crippen molar-refractivity contribution in [1.82, 2.24) is 24.6 Å². The Morgan fingerprint density at radius 1 is 1.19 bits per heavy atom. The van der Waals surface area contributed by atoms with Crippen LogP contribution in [0.5, 0.6) is 5.88 Å². The van der Waals surface area contributed by atoms with Crippen molar-refractivity contribution in [2.75, 3.05) is 13.2 Å². The normalized spacial score (nSPS) is 23.5. The van der Waals surface area contributed by atoms with Crippen molar-refractivity contribution in [3.05, 3.63) is 42.1 Å². The van der Waals surface area contributed by atoms with E-state index in [4.69, 9.17) is 22.6 Å². The Kier molecular flexibility index (Phi) is 6.90. The molecule has 196 valence electrons. The first-order chi connectivity index (χ1) is 17.8. The smallest absolute Gasteiger partial charge is 0.410 e. The number of nitrogens with zero attached hydrogens (tertiary/aromatic N) is 5. The standard InChI is InChI=1S/C24H26FN5O4.O2S/c1-14-3-4-20(19(25)7-14)30-21-18(10-28-30)22(27-13-26-21)33-17-8-15-11-32-12-16(9-17)29(15)23(31)34-24(2)5-6-24;1-3-2/h3-4,7,10,13,15-17H,5-6,8-9,11-12H2,1-2H3;. The van der Waals surface area contributed by atoms with Gasteiger partial charge in [0.05, 0.1) is 31.5 Å². The van der Waals surface area contributed by atoms with E-state index >= 15 is 0 Å². The van der Waals surface area contributed by atoms with Crippen molar-refractivity contribution in [2.45, 2.75) is 63.3 Å². The summed E-state index contributed by atoms with van der Waals surface area (Å²) in [6.07, 6.45) is 5.61. The third-order valence-electron chi connectivity index (χ3n) is 6.91. The maximum absolute atomic E-state index is 14.6. The summed E-state index contributed by atoms with van der Waals surface area (Å²) in [7, 11) is 0. The summed E-state index contributed by atoms with van der Waals surface area (Å²) in [4.78, 5) is 23.3. The third-order valence-corrected chi connectivity index (χ3v) is 6.91. The molecule has 4 heterocycles. The monoisotopic (exact) mass is 531 g/mol. The molecule has 2 unspecified atom stereocenters. The van der Waals surface area contributed by atoms with Crippen molar-refractivity contribution < 1.29 is 31.8 Å². The number of halogens is 1. The Hall–Kier alpha value is -3.45. The number of carbonyl (C=O) groups excluding carboxylic acids is 1. The maximum Gasteiger partial charge on any atom is 0.410 e. The highest BCUT2D eigenvalue weighted by molar-refractivity contribution is 7.51. The molecule has 13 heteroatoms. The molecule has 2 aromatic heterocycles. The lowest BCUT2D eigenvalue weighted by molar-refractivity contribution is -0.0953. The molecular weight excluding hydrogens is 505 g/mol. The van der Waals surface area contributed by atoms with Gasteiger partial charge in [-0.1, -0.05) is 6.07 Å². The second-order valence-electron chi connectivity index (χ2n) is 9.78. The number of hydrogen-bond acceptors (Lipinski definition) is 9. The zero-order chi connectivity index (χ0) is 26.2. The Morgan fingerprint density at radius 2 is 1.89 bits per heavy atom. The largest absolute Gasteiger partial charge is 0.474 e. The Labute approximate surface area is 215 Å². The lowest BCUT2D eigenvalue weighted by Gasteiger charge is -2.47. The molecule has 0 spiro atoms. The zero-order valence-corrected chi connectivity index (χ0v) is 21.1. The van der Waals surface area contributed by atoms with E-state index in [1.807, 2.05) is 24.8 Å². The molecule has 1 aromatic carbocycles. The van der Waals surface area contributed by atoms with Crippen LogP contribution in [0.3, 0.4) is 0 Å². The molecular formula is C24H26FN5O6S. The van der Waals surface area contributed by atoms with Crippen LogP contribution in [0.15, 0.2) is 30.7 Å². The Balaban J connectivity index is 0.000000892. The number of piperidine rings is 1. The van der Waals surface area contributed by atoms with Crippen molar-refractivity contribution in [3.8, 4) is 11.6 Å². The van der Waals surface area contributed by atoms with E-state index in [0.29, 0.717) is 48.7 Å². The predicted molar refractivity (Wildman–Crippen MR) is 128 cm³/mol. The highest BCUT2D eigenvalue weighted by atomic mass is 32.1. The van der Waals surface area contributed by atoms with Crippen LogP contribution < -0.4 is 4.74 Å². The number of hydrogen-bond donors (Lipinski definition) is 0. The van der Waals surface area contributed by atoms with Gasteiger partial charge in [-0.3, -0.25) is 4.90 Å². The molecule has 1 saturated carbocycles. The summed E-state index contributed by atoms with van der Waals surface area (Å²) in [5, 5.41) is 4.95. The minimum absolute atomic E-state index is 0.117. The van der Waals surface area contributed by atoms with Crippen molar-refractivity contribution >= 4 is 28.7 Å². The lowest BCUT2D eigenvalue weighted by atomic mass is 9.92. The summed E-state index contributed by atoms with van der Waals surface area (Å²) in [5.74, 6) is 0.0208. The number of benzene rings is 1. The summed E-state index contributed by atoms with van der Waals surface area (Å²) in [6.45, 7) is 4.70. The van der Waals surface area contributed by atoms with Gasteiger partial charge in [-0.25, -0.2) is 23.8 Å². The highest BCUT2D eigenvalue weighted by Crippen LogP contribution is 2.41. The third kappa shape index (κ3) is 5.18. The van der Waals surface area contributed by atoms with Gasteiger partial charge in [0.15, 0.2) is 5.65 Å². The fraction of sp³-hybridized carbons (Fsp3) is 0.500. The summed E-state index contributed by atoms with van der Waals surface area (Å²) < 4.78 is 50.4.